The van der Waals surface area contributed by atoms with Gasteiger partial charge >= 0.3 is 11.9 Å². The lowest BCUT2D eigenvalue weighted by molar-refractivity contribution is -0.131. The van der Waals surface area contributed by atoms with Crippen LogP contribution in [0.2, 0.25) is 0 Å². The van der Waals surface area contributed by atoms with Crippen LogP contribution in [0.15, 0.2) is 18.2 Å². The molecule has 2 rings (SSSR count). The van der Waals surface area contributed by atoms with Crippen LogP contribution in [0.3, 0.4) is 0 Å². The van der Waals surface area contributed by atoms with E-state index in [1.54, 1.807) is 6.07 Å². The lowest BCUT2D eigenvalue weighted by Gasteiger charge is -2.04. The minimum Gasteiger partial charge on any atom is -0.478 e. The Morgan fingerprint density at radius 1 is 1.29 bits per heavy atom. The molecule has 0 spiro atoms. The number of hydrogen-bond donors (Lipinski definition) is 1. The van der Waals surface area contributed by atoms with Gasteiger partial charge < -0.3 is 9.84 Å². The van der Waals surface area contributed by atoms with Crippen LogP contribution in [0.5, 0.6) is 5.75 Å². The number of aromatic carboxylic acids is 1. The fourth-order valence-corrected chi connectivity index (χ4v) is 2.58. The summed E-state index contributed by atoms with van der Waals surface area (Å²) in [5.41, 5.74) is 0.121. The zero-order valence-corrected chi connectivity index (χ0v) is 10.1. The molecular formula is C12H10O4S. The first-order valence-corrected chi connectivity index (χ1v) is 5.75. The van der Waals surface area contributed by atoms with Crippen molar-refractivity contribution < 1.29 is 19.4 Å². The van der Waals surface area contributed by atoms with Crippen molar-refractivity contribution in [3.05, 3.63) is 28.6 Å². The first kappa shape index (κ1) is 11.6. The molecule has 0 saturated carbocycles. The van der Waals surface area contributed by atoms with E-state index in [-0.39, 0.29) is 5.56 Å². The average Bonchev–Trinajstić information content (AvgIpc) is 2.57. The van der Waals surface area contributed by atoms with Crippen molar-refractivity contribution in [2.75, 3.05) is 0 Å². The van der Waals surface area contributed by atoms with Crippen molar-refractivity contribution in [3.8, 4) is 5.75 Å². The van der Waals surface area contributed by atoms with E-state index in [4.69, 9.17) is 9.84 Å². The molecule has 88 valence electrons. The minimum absolute atomic E-state index is 0.121. The molecule has 0 aliphatic heterocycles. The summed E-state index contributed by atoms with van der Waals surface area (Å²) in [4.78, 5) is 23.0. The molecule has 0 aliphatic carbocycles. The largest absolute Gasteiger partial charge is 0.478 e. The second kappa shape index (κ2) is 4.18. The van der Waals surface area contributed by atoms with Gasteiger partial charge in [-0.3, -0.25) is 4.79 Å². The predicted octanol–water partition coefficient (Wildman–Crippen LogP) is 2.83. The van der Waals surface area contributed by atoms with Crippen LogP contribution in [-0.4, -0.2) is 17.0 Å². The van der Waals surface area contributed by atoms with Gasteiger partial charge in [-0.25, -0.2) is 4.79 Å². The fraction of sp³-hybridized carbons (Fsp3) is 0.167. The molecule has 17 heavy (non-hydrogen) atoms. The maximum absolute atomic E-state index is 11.0. The summed E-state index contributed by atoms with van der Waals surface area (Å²) in [5.74, 6) is -1.19. The molecule has 0 atom stereocenters. The SMILES string of the molecule is CC(=O)Oc1cc(C(=O)O)cc2sc(C)cc12. The molecule has 1 aromatic heterocycles. The number of carboxylic acids is 1. The molecule has 0 radical (unpaired) electrons. The molecule has 0 bridgehead atoms. The quantitative estimate of drug-likeness (QED) is 0.657. The van der Waals surface area contributed by atoms with Crippen molar-refractivity contribution in [2.45, 2.75) is 13.8 Å². The highest BCUT2D eigenvalue weighted by Gasteiger charge is 2.13. The summed E-state index contributed by atoms with van der Waals surface area (Å²) >= 11 is 1.47. The Kier molecular flexibility index (Phi) is 2.85. The first-order chi connectivity index (χ1) is 7.97. The number of hydrogen-bond acceptors (Lipinski definition) is 4. The number of aryl methyl sites for hydroxylation is 1. The number of thiophene rings is 1. The summed E-state index contributed by atoms with van der Waals surface area (Å²) in [6, 6.07) is 4.84. The molecule has 1 N–H and O–H groups in total. The van der Waals surface area contributed by atoms with E-state index in [1.165, 1.54) is 24.3 Å². The third-order valence-electron chi connectivity index (χ3n) is 2.22. The van der Waals surface area contributed by atoms with Gasteiger partial charge in [0.2, 0.25) is 0 Å². The van der Waals surface area contributed by atoms with Crippen LogP contribution < -0.4 is 4.74 Å². The van der Waals surface area contributed by atoms with Crippen LogP contribution in [0.1, 0.15) is 22.2 Å². The van der Waals surface area contributed by atoms with Gasteiger partial charge in [-0.15, -0.1) is 11.3 Å². The van der Waals surface area contributed by atoms with E-state index in [1.807, 2.05) is 13.0 Å². The second-order valence-electron chi connectivity index (χ2n) is 3.64. The summed E-state index contributed by atoms with van der Waals surface area (Å²) in [5, 5.41) is 9.74. The molecular weight excluding hydrogens is 240 g/mol. The van der Waals surface area contributed by atoms with Gasteiger partial charge in [0.15, 0.2) is 0 Å². The summed E-state index contributed by atoms with van der Waals surface area (Å²) in [7, 11) is 0. The topological polar surface area (TPSA) is 63.6 Å². The van der Waals surface area contributed by atoms with Gasteiger partial charge in [-0.1, -0.05) is 0 Å². The fourth-order valence-electron chi connectivity index (χ4n) is 1.60. The van der Waals surface area contributed by atoms with Gasteiger partial charge in [0.1, 0.15) is 5.75 Å². The molecule has 0 fully saturated rings. The van der Waals surface area contributed by atoms with Crippen LogP contribution in [-0.2, 0) is 4.79 Å². The predicted molar refractivity (Wildman–Crippen MR) is 64.8 cm³/mol. The number of benzene rings is 1. The zero-order chi connectivity index (χ0) is 12.6. The van der Waals surface area contributed by atoms with Crippen molar-refractivity contribution >= 4 is 33.4 Å². The smallest absolute Gasteiger partial charge is 0.335 e. The summed E-state index contributed by atoms with van der Waals surface area (Å²) in [6.45, 7) is 3.21. The Labute approximate surface area is 101 Å². The maximum Gasteiger partial charge on any atom is 0.335 e. The monoisotopic (exact) mass is 250 g/mol. The standard InChI is InChI=1S/C12H10O4S/c1-6-3-9-10(16-7(2)13)4-8(12(14)15)5-11(9)17-6/h3-5H,1-2H3,(H,14,15). The van der Waals surface area contributed by atoms with Gasteiger partial charge in [-0.05, 0) is 25.1 Å². The highest BCUT2D eigenvalue weighted by atomic mass is 32.1. The van der Waals surface area contributed by atoms with Crippen molar-refractivity contribution in [1.29, 1.82) is 0 Å². The highest BCUT2D eigenvalue weighted by Crippen LogP contribution is 2.34. The normalized spacial score (nSPS) is 10.5. The van der Waals surface area contributed by atoms with Crippen LogP contribution in [0.25, 0.3) is 10.1 Å². The van der Waals surface area contributed by atoms with Crippen LogP contribution in [0, 0.1) is 6.92 Å². The Morgan fingerprint density at radius 3 is 2.59 bits per heavy atom. The van der Waals surface area contributed by atoms with Gasteiger partial charge in [0.05, 0.1) is 5.56 Å². The van der Waals surface area contributed by atoms with E-state index < -0.39 is 11.9 Å². The van der Waals surface area contributed by atoms with Crippen molar-refractivity contribution in [2.24, 2.45) is 0 Å². The van der Waals surface area contributed by atoms with Gasteiger partial charge in [-0.2, -0.15) is 0 Å². The number of fused-ring (bicyclic) bond motifs is 1. The van der Waals surface area contributed by atoms with Crippen LogP contribution >= 0.6 is 11.3 Å². The van der Waals surface area contributed by atoms with Gasteiger partial charge in [0.25, 0.3) is 0 Å². The first-order valence-electron chi connectivity index (χ1n) is 4.93. The third-order valence-corrected chi connectivity index (χ3v) is 3.22. The molecule has 0 amide bonds. The number of carbonyl (C=O) groups excluding carboxylic acids is 1. The van der Waals surface area contributed by atoms with Crippen molar-refractivity contribution in [3.63, 3.8) is 0 Å². The average molecular weight is 250 g/mol. The number of ether oxygens (including phenoxy) is 1. The Hall–Kier alpha value is -1.88. The lowest BCUT2D eigenvalue weighted by atomic mass is 10.1. The third kappa shape index (κ3) is 2.29. The number of rotatable bonds is 2. The molecule has 1 heterocycles. The second-order valence-corrected chi connectivity index (χ2v) is 4.93. The van der Waals surface area contributed by atoms with E-state index >= 15 is 0 Å². The highest BCUT2D eigenvalue weighted by molar-refractivity contribution is 7.19. The van der Waals surface area contributed by atoms with E-state index in [0.29, 0.717) is 5.75 Å². The number of carboxylic acid groups (broad SMARTS) is 1. The molecule has 4 nitrogen and oxygen atoms in total. The summed E-state index contributed by atoms with van der Waals surface area (Å²) < 4.78 is 5.84. The van der Waals surface area contributed by atoms with E-state index in [9.17, 15) is 9.59 Å². The van der Waals surface area contributed by atoms with E-state index in [2.05, 4.69) is 0 Å². The Balaban J connectivity index is 2.68. The zero-order valence-electron chi connectivity index (χ0n) is 9.31. The minimum atomic E-state index is -1.04. The Bertz CT molecular complexity index is 612. The molecule has 0 aliphatic rings. The molecule has 5 heteroatoms. The lowest BCUT2D eigenvalue weighted by Crippen LogP contribution is -2.03. The number of carbonyl (C=O) groups is 2. The summed E-state index contributed by atoms with van der Waals surface area (Å²) in [6.07, 6.45) is 0. The molecule has 1 aromatic carbocycles. The number of esters is 1. The molecule has 0 unspecified atom stereocenters. The van der Waals surface area contributed by atoms with E-state index in [0.717, 1.165) is 15.0 Å². The van der Waals surface area contributed by atoms with Gasteiger partial charge in [0, 0.05) is 21.9 Å². The van der Waals surface area contributed by atoms with Crippen LogP contribution in [0.4, 0.5) is 0 Å². The van der Waals surface area contributed by atoms with Crippen molar-refractivity contribution in [1.82, 2.24) is 0 Å². The Morgan fingerprint density at radius 2 is 2.00 bits per heavy atom. The molecule has 0 saturated heterocycles. The maximum atomic E-state index is 11.0. The molecule has 2 aromatic rings.